The number of aromatic nitrogens is 1. The fraction of sp³-hybridized carbons (Fsp3) is 0. The Morgan fingerprint density at radius 3 is 2.54 bits per heavy atom. The van der Waals surface area contributed by atoms with Crippen LogP contribution in [0, 0.1) is 17.1 Å². The number of ketones is 1. The Bertz CT molecular complexity index is 1310. The minimum atomic E-state index is -0.552. The molecule has 4 nitrogen and oxygen atoms in total. The van der Waals surface area contributed by atoms with Crippen LogP contribution in [0.1, 0.15) is 27.0 Å². The molecule has 0 amide bonds. The molecule has 0 saturated heterocycles. The molecule has 0 atom stereocenters. The first-order chi connectivity index (χ1) is 13.6. The van der Waals surface area contributed by atoms with Crippen LogP contribution in [0.25, 0.3) is 22.4 Å². The van der Waals surface area contributed by atoms with E-state index < -0.39 is 5.82 Å². The lowest BCUT2D eigenvalue weighted by atomic mass is 9.93. The summed E-state index contributed by atoms with van der Waals surface area (Å²) >= 11 is 0. The minimum absolute atomic E-state index is 0.0491. The number of aromatic hydroxyl groups is 1. The average molecular weight is 366 g/mol. The molecule has 0 bridgehead atoms. The van der Waals surface area contributed by atoms with E-state index >= 15 is 0 Å². The summed E-state index contributed by atoms with van der Waals surface area (Å²) in [5.74, 6) is -0.853. The fourth-order valence-electron chi connectivity index (χ4n) is 4.04. The third kappa shape index (κ3) is 1.97. The number of phenols is 1. The number of hydrogen-bond acceptors (Lipinski definition) is 4. The highest BCUT2D eigenvalue weighted by molar-refractivity contribution is 6.32. The van der Waals surface area contributed by atoms with Crippen LogP contribution in [-0.2, 0) is 0 Å². The van der Waals surface area contributed by atoms with Gasteiger partial charge in [0, 0.05) is 45.7 Å². The summed E-state index contributed by atoms with van der Waals surface area (Å²) in [6.45, 7) is 0. The van der Waals surface area contributed by atoms with E-state index in [1.807, 2.05) is 6.07 Å². The van der Waals surface area contributed by atoms with Crippen molar-refractivity contribution in [1.82, 2.24) is 4.98 Å². The van der Waals surface area contributed by atoms with Crippen molar-refractivity contribution in [3.05, 3.63) is 94.4 Å². The highest BCUT2D eigenvalue weighted by Gasteiger charge is 2.39. The molecule has 2 aromatic carbocycles. The number of carbonyl (C=O) groups excluding carboxylic acids is 1. The fourth-order valence-corrected chi connectivity index (χ4v) is 4.04. The van der Waals surface area contributed by atoms with Crippen LogP contribution in [0.5, 0.6) is 5.75 Å². The third-order valence-corrected chi connectivity index (χ3v) is 5.11. The van der Waals surface area contributed by atoms with Gasteiger partial charge in [0.15, 0.2) is 5.78 Å². The number of halogens is 1. The van der Waals surface area contributed by atoms with Crippen molar-refractivity contribution < 1.29 is 14.3 Å². The van der Waals surface area contributed by atoms with E-state index in [1.165, 1.54) is 18.2 Å². The summed E-state index contributed by atoms with van der Waals surface area (Å²) < 4.78 is 14.6. The molecule has 132 valence electrons. The van der Waals surface area contributed by atoms with E-state index in [2.05, 4.69) is 4.98 Å². The second-order valence-electron chi connectivity index (χ2n) is 6.53. The van der Waals surface area contributed by atoms with Crippen LogP contribution < -0.4 is 0 Å². The van der Waals surface area contributed by atoms with Gasteiger partial charge in [-0.05, 0) is 23.8 Å². The number of fused-ring (bicyclic) bond motifs is 4. The van der Waals surface area contributed by atoms with E-state index in [0.717, 1.165) is 0 Å². The maximum absolute atomic E-state index is 14.6. The van der Waals surface area contributed by atoms with Crippen LogP contribution in [-0.4, -0.2) is 15.9 Å². The topological polar surface area (TPSA) is 74.0 Å². The zero-order chi connectivity index (χ0) is 19.4. The molecule has 0 unspecified atom stereocenters. The van der Waals surface area contributed by atoms with E-state index in [0.29, 0.717) is 28.0 Å². The maximum atomic E-state index is 14.6. The van der Waals surface area contributed by atoms with Gasteiger partial charge >= 0.3 is 0 Å². The molecule has 5 rings (SSSR count). The Morgan fingerprint density at radius 1 is 0.964 bits per heavy atom. The van der Waals surface area contributed by atoms with Crippen molar-refractivity contribution in [3.8, 4) is 23.1 Å². The predicted molar refractivity (Wildman–Crippen MR) is 102 cm³/mol. The highest BCUT2D eigenvalue weighted by atomic mass is 19.1. The van der Waals surface area contributed by atoms with E-state index in [9.17, 15) is 19.6 Å². The van der Waals surface area contributed by atoms with Crippen LogP contribution in [0.3, 0.4) is 0 Å². The highest BCUT2D eigenvalue weighted by Crippen LogP contribution is 2.52. The van der Waals surface area contributed by atoms with Gasteiger partial charge < -0.3 is 5.11 Å². The molecule has 2 aliphatic carbocycles. The molecular weight excluding hydrogens is 355 g/mol. The Kier molecular flexibility index (Phi) is 3.31. The van der Waals surface area contributed by atoms with Crippen molar-refractivity contribution >= 4 is 16.9 Å². The van der Waals surface area contributed by atoms with Gasteiger partial charge in [0.2, 0.25) is 0 Å². The molecule has 0 fully saturated rings. The predicted octanol–water partition coefficient (Wildman–Crippen LogP) is 4.51. The van der Waals surface area contributed by atoms with Gasteiger partial charge in [0.05, 0.1) is 17.3 Å². The molecule has 5 heteroatoms. The van der Waals surface area contributed by atoms with Gasteiger partial charge in [-0.3, -0.25) is 9.78 Å². The monoisotopic (exact) mass is 366 g/mol. The SMILES string of the molecule is N#C/C=C1/C(=C2/c3cccnc3-c3c(O)cccc32)C(=O)c2cccc(F)c21. The van der Waals surface area contributed by atoms with E-state index in [4.69, 9.17) is 0 Å². The van der Waals surface area contributed by atoms with Gasteiger partial charge in [-0.15, -0.1) is 0 Å². The molecule has 0 saturated carbocycles. The first-order valence-corrected chi connectivity index (χ1v) is 8.59. The lowest BCUT2D eigenvalue weighted by molar-refractivity contribution is 0.104. The molecule has 28 heavy (non-hydrogen) atoms. The van der Waals surface area contributed by atoms with Crippen LogP contribution in [0.2, 0.25) is 0 Å². The standard InChI is InChI=1S/C23H11FN2O2/c24-16-7-1-5-15-18(16)13(9-10-25)21(23(15)28)19-12-4-2-8-17(27)20(12)22-14(19)6-3-11-26-22/h1-9,11,27H/b13-9+,21-19-. The lowest BCUT2D eigenvalue weighted by Crippen LogP contribution is -2.00. The van der Waals surface area contributed by atoms with Crippen LogP contribution >= 0.6 is 0 Å². The van der Waals surface area contributed by atoms with Gasteiger partial charge in [0.1, 0.15) is 11.6 Å². The lowest BCUT2D eigenvalue weighted by Gasteiger charge is -2.09. The summed E-state index contributed by atoms with van der Waals surface area (Å²) in [7, 11) is 0. The van der Waals surface area contributed by atoms with E-state index in [1.54, 1.807) is 42.6 Å². The summed E-state index contributed by atoms with van der Waals surface area (Å²) in [6, 6.07) is 14.8. The summed E-state index contributed by atoms with van der Waals surface area (Å²) in [6.07, 6.45) is 2.81. The number of rotatable bonds is 0. The first-order valence-electron chi connectivity index (χ1n) is 8.59. The number of benzene rings is 2. The molecule has 0 aliphatic heterocycles. The van der Waals surface area contributed by atoms with E-state index in [-0.39, 0.29) is 33.8 Å². The molecule has 1 heterocycles. The smallest absolute Gasteiger partial charge is 0.195 e. The molecule has 1 N–H and O–H groups in total. The number of phenolic OH excluding ortho intramolecular Hbond substituents is 1. The number of allylic oxidation sites excluding steroid dienone is 3. The largest absolute Gasteiger partial charge is 0.507 e. The van der Waals surface area contributed by atoms with Crippen molar-refractivity contribution in [3.63, 3.8) is 0 Å². The van der Waals surface area contributed by atoms with Gasteiger partial charge in [-0.25, -0.2) is 4.39 Å². The molecule has 2 aliphatic rings. The molecule has 0 radical (unpaired) electrons. The Balaban J connectivity index is 1.95. The van der Waals surface area contributed by atoms with Gasteiger partial charge in [0.25, 0.3) is 0 Å². The molecule has 0 spiro atoms. The quantitative estimate of drug-likeness (QED) is 0.367. The number of nitrogens with zero attached hydrogens (tertiary/aromatic N) is 2. The van der Waals surface area contributed by atoms with Crippen molar-refractivity contribution in [2.24, 2.45) is 0 Å². The summed E-state index contributed by atoms with van der Waals surface area (Å²) in [5, 5.41) is 19.7. The number of nitriles is 1. The summed E-state index contributed by atoms with van der Waals surface area (Å²) in [5.41, 5.74) is 3.80. The number of pyridine rings is 1. The zero-order valence-corrected chi connectivity index (χ0v) is 14.4. The van der Waals surface area contributed by atoms with Crippen LogP contribution in [0.15, 0.2) is 66.4 Å². The first kappa shape index (κ1) is 16.2. The Morgan fingerprint density at radius 2 is 1.71 bits per heavy atom. The zero-order valence-electron chi connectivity index (χ0n) is 14.4. The Labute approximate surface area is 159 Å². The number of carbonyl (C=O) groups is 1. The normalized spacial score (nSPS) is 18.0. The molecule has 1 aromatic heterocycles. The third-order valence-electron chi connectivity index (χ3n) is 5.11. The average Bonchev–Trinajstić information content (AvgIpc) is 3.16. The Hall–Kier alpha value is -4.04. The number of hydrogen-bond donors (Lipinski definition) is 1. The van der Waals surface area contributed by atoms with Crippen molar-refractivity contribution in [2.75, 3.05) is 0 Å². The number of Topliss-reactive ketones (excluding diaryl/α,β-unsaturated/α-hetero) is 1. The molecule has 3 aromatic rings. The van der Waals surface area contributed by atoms with Gasteiger partial charge in [-0.1, -0.05) is 30.3 Å². The summed E-state index contributed by atoms with van der Waals surface area (Å²) in [4.78, 5) is 17.6. The minimum Gasteiger partial charge on any atom is -0.507 e. The van der Waals surface area contributed by atoms with Crippen molar-refractivity contribution in [2.45, 2.75) is 0 Å². The van der Waals surface area contributed by atoms with Crippen LogP contribution in [0.4, 0.5) is 4.39 Å². The molecular formula is C23H11FN2O2. The maximum Gasteiger partial charge on any atom is 0.195 e. The van der Waals surface area contributed by atoms with Gasteiger partial charge in [-0.2, -0.15) is 5.26 Å². The second-order valence-corrected chi connectivity index (χ2v) is 6.53. The second kappa shape index (κ2) is 5.73. The van der Waals surface area contributed by atoms with Crippen molar-refractivity contribution in [1.29, 1.82) is 5.26 Å².